The molecule has 0 atom stereocenters. The van der Waals surface area contributed by atoms with Gasteiger partial charge in [-0.15, -0.1) is 0 Å². The predicted molar refractivity (Wildman–Crippen MR) is 65.5 cm³/mol. The maximum atomic E-state index is 8.95. The fraction of sp³-hybridized carbons (Fsp3) is 0.333. The van der Waals surface area contributed by atoms with Crippen LogP contribution in [0.2, 0.25) is 5.02 Å². The lowest BCUT2D eigenvalue weighted by Gasteiger charge is -2.20. The van der Waals surface area contributed by atoms with Gasteiger partial charge in [-0.2, -0.15) is 0 Å². The van der Waals surface area contributed by atoms with Gasteiger partial charge in [0.1, 0.15) is 0 Å². The zero-order chi connectivity index (χ0) is 11.4. The van der Waals surface area contributed by atoms with E-state index in [9.17, 15) is 0 Å². The van der Waals surface area contributed by atoms with E-state index in [-0.39, 0.29) is 6.61 Å². The van der Waals surface area contributed by atoms with Crippen LogP contribution < -0.4 is 4.90 Å². The van der Waals surface area contributed by atoms with E-state index in [2.05, 4.69) is 6.58 Å². The van der Waals surface area contributed by atoms with Crippen LogP contribution in [-0.4, -0.2) is 18.7 Å². The van der Waals surface area contributed by atoms with Crippen LogP contribution in [0.25, 0.3) is 0 Å². The van der Waals surface area contributed by atoms with Crippen molar-refractivity contribution in [2.45, 2.75) is 13.5 Å². The largest absolute Gasteiger partial charge is 0.392 e. The van der Waals surface area contributed by atoms with Crippen LogP contribution in [-0.2, 0) is 6.61 Å². The van der Waals surface area contributed by atoms with Crippen LogP contribution in [0.1, 0.15) is 12.5 Å². The van der Waals surface area contributed by atoms with Gasteiger partial charge in [0.15, 0.2) is 0 Å². The third-order valence-electron chi connectivity index (χ3n) is 2.11. The maximum Gasteiger partial charge on any atom is 0.0682 e. The van der Waals surface area contributed by atoms with Gasteiger partial charge in [0, 0.05) is 13.6 Å². The molecular formula is C12H16ClNO. The number of anilines is 1. The number of nitrogens with zero attached hydrogens (tertiary/aromatic N) is 1. The first-order valence-corrected chi connectivity index (χ1v) is 5.17. The molecule has 0 saturated heterocycles. The number of benzene rings is 1. The molecule has 0 aliphatic rings. The van der Waals surface area contributed by atoms with Crippen LogP contribution in [0.15, 0.2) is 30.4 Å². The number of hydrogen-bond acceptors (Lipinski definition) is 2. The molecule has 0 amide bonds. The molecule has 0 unspecified atom stereocenters. The first kappa shape index (κ1) is 12.1. The molecule has 2 nitrogen and oxygen atoms in total. The molecule has 0 aromatic heterocycles. The second kappa shape index (κ2) is 5.19. The van der Waals surface area contributed by atoms with Crippen LogP contribution in [0.5, 0.6) is 0 Å². The Balaban J connectivity index is 2.90. The van der Waals surface area contributed by atoms with E-state index in [4.69, 9.17) is 16.7 Å². The number of hydrogen-bond donors (Lipinski definition) is 1. The summed E-state index contributed by atoms with van der Waals surface area (Å²) >= 11 is 6.10. The van der Waals surface area contributed by atoms with Crippen LogP contribution in [0, 0.1) is 0 Å². The van der Waals surface area contributed by atoms with Crippen molar-refractivity contribution in [3.05, 3.63) is 40.9 Å². The standard InChI is InChI=1S/C12H16ClNO/c1-9(2)7-14(3)12-5-4-10(8-15)6-11(12)13/h4-6,15H,1,7-8H2,2-3H3. The molecule has 0 spiro atoms. The average Bonchev–Trinajstić information content (AvgIpc) is 2.16. The van der Waals surface area contributed by atoms with Crippen molar-refractivity contribution in [1.29, 1.82) is 0 Å². The highest BCUT2D eigenvalue weighted by Crippen LogP contribution is 2.26. The Morgan fingerprint density at radius 2 is 2.20 bits per heavy atom. The van der Waals surface area contributed by atoms with E-state index < -0.39 is 0 Å². The Hall–Kier alpha value is -0.990. The molecule has 3 heteroatoms. The zero-order valence-corrected chi connectivity index (χ0v) is 9.88. The molecule has 82 valence electrons. The molecule has 1 aromatic carbocycles. The summed E-state index contributed by atoms with van der Waals surface area (Å²) in [6, 6.07) is 5.57. The maximum absolute atomic E-state index is 8.95. The van der Waals surface area contributed by atoms with Gasteiger partial charge < -0.3 is 10.0 Å². The summed E-state index contributed by atoms with van der Waals surface area (Å²) in [5.41, 5.74) is 2.86. The van der Waals surface area contributed by atoms with E-state index in [1.165, 1.54) is 0 Å². The molecule has 15 heavy (non-hydrogen) atoms. The van der Waals surface area contributed by atoms with Crippen molar-refractivity contribution < 1.29 is 5.11 Å². The summed E-state index contributed by atoms with van der Waals surface area (Å²) in [6.45, 7) is 6.63. The fourth-order valence-corrected chi connectivity index (χ4v) is 1.80. The highest BCUT2D eigenvalue weighted by molar-refractivity contribution is 6.33. The Kier molecular flexibility index (Phi) is 4.18. The number of aliphatic hydroxyl groups excluding tert-OH is 1. The van der Waals surface area contributed by atoms with Crippen molar-refractivity contribution in [3.8, 4) is 0 Å². The molecule has 1 rings (SSSR count). The predicted octanol–water partition coefficient (Wildman–Crippen LogP) is 2.84. The van der Waals surface area contributed by atoms with Crippen LogP contribution >= 0.6 is 11.6 Å². The minimum Gasteiger partial charge on any atom is -0.392 e. The second-order valence-corrected chi connectivity index (χ2v) is 4.16. The summed E-state index contributed by atoms with van der Waals surface area (Å²) in [5.74, 6) is 0. The first-order valence-electron chi connectivity index (χ1n) is 4.79. The average molecular weight is 226 g/mol. The van der Waals surface area contributed by atoms with Gasteiger partial charge >= 0.3 is 0 Å². The number of likely N-dealkylation sites (N-methyl/N-ethyl adjacent to an activating group) is 1. The molecule has 1 N–H and O–H groups in total. The molecule has 0 bridgehead atoms. The minimum atomic E-state index is 0.0181. The minimum absolute atomic E-state index is 0.0181. The SMILES string of the molecule is C=C(C)CN(C)c1ccc(CO)cc1Cl. The Labute approximate surface area is 95.8 Å². The van der Waals surface area contributed by atoms with Gasteiger partial charge in [-0.25, -0.2) is 0 Å². The van der Waals surface area contributed by atoms with E-state index in [0.717, 1.165) is 23.4 Å². The van der Waals surface area contributed by atoms with Crippen molar-refractivity contribution in [3.63, 3.8) is 0 Å². The topological polar surface area (TPSA) is 23.5 Å². The lowest BCUT2D eigenvalue weighted by Crippen LogP contribution is -2.19. The first-order chi connectivity index (χ1) is 7.04. The van der Waals surface area contributed by atoms with Gasteiger partial charge in [-0.1, -0.05) is 29.8 Å². The van der Waals surface area contributed by atoms with E-state index in [1.54, 1.807) is 6.07 Å². The third-order valence-corrected chi connectivity index (χ3v) is 2.42. The quantitative estimate of drug-likeness (QED) is 0.797. The molecule has 1 aromatic rings. The third kappa shape index (κ3) is 3.26. The molecule has 0 heterocycles. The van der Waals surface area contributed by atoms with Crippen molar-refractivity contribution >= 4 is 17.3 Å². The van der Waals surface area contributed by atoms with Crippen LogP contribution in [0.4, 0.5) is 5.69 Å². The molecule has 0 aliphatic heterocycles. The van der Waals surface area contributed by atoms with Gasteiger partial charge in [0.25, 0.3) is 0 Å². The smallest absolute Gasteiger partial charge is 0.0682 e. The Bertz CT molecular complexity index is 363. The zero-order valence-electron chi connectivity index (χ0n) is 9.13. The highest BCUT2D eigenvalue weighted by atomic mass is 35.5. The molecular weight excluding hydrogens is 210 g/mol. The highest BCUT2D eigenvalue weighted by Gasteiger charge is 2.06. The van der Waals surface area contributed by atoms with Crippen LogP contribution in [0.3, 0.4) is 0 Å². The van der Waals surface area contributed by atoms with E-state index >= 15 is 0 Å². The summed E-state index contributed by atoms with van der Waals surface area (Å²) in [5, 5.41) is 9.61. The normalized spacial score (nSPS) is 10.1. The molecule has 0 saturated carbocycles. The molecule has 0 fully saturated rings. The number of halogens is 1. The van der Waals surface area contributed by atoms with E-state index in [1.807, 2.05) is 31.0 Å². The Morgan fingerprint density at radius 3 is 2.67 bits per heavy atom. The van der Waals surface area contributed by atoms with Gasteiger partial charge in [-0.05, 0) is 24.6 Å². The molecule has 0 radical (unpaired) electrons. The summed E-state index contributed by atoms with van der Waals surface area (Å²) in [4.78, 5) is 2.03. The van der Waals surface area contributed by atoms with Crippen molar-refractivity contribution in [1.82, 2.24) is 0 Å². The summed E-state index contributed by atoms with van der Waals surface area (Å²) < 4.78 is 0. The number of rotatable bonds is 4. The van der Waals surface area contributed by atoms with E-state index in [0.29, 0.717) is 5.02 Å². The fourth-order valence-electron chi connectivity index (χ4n) is 1.45. The van der Waals surface area contributed by atoms with Crippen molar-refractivity contribution in [2.75, 3.05) is 18.5 Å². The van der Waals surface area contributed by atoms with Gasteiger partial charge in [-0.3, -0.25) is 0 Å². The van der Waals surface area contributed by atoms with Gasteiger partial charge in [0.2, 0.25) is 0 Å². The second-order valence-electron chi connectivity index (χ2n) is 3.76. The molecule has 0 aliphatic carbocycles. The number of aliphatic hydroxyl groups is 1. The summed E-state index contributed by atoms with van der Waals surface area (Å²) in [6.07, 6.45) is 0. The Morgan fingerprint density at radius 1 is 1.53 bits per heavy atom. The summed E-state index contributed by atoms with van der Waals surface area (Å²) in [7, 11) is 1.97. The lowest BCUT2D eigenvalue weighted by molar-refractivity contribution is 0.282. The monoisotopic (exact) mass is 225 g/mol. The lowest BCUT2D eigenvalue weighted by atomic mass is 10.2. The van der Waals surface area contributed by atoms with Gasteiger partial charge in [0.05, 0.1) is 17.3 Å². The van der Waals surface area contributed by atoms with Crippen molar-refractivity contribution in [2.24, 2.45) is 0 Å².